The molecule has 0 atom stereocenters. The Balaban J connectivity index is 0.00000150. The third kappa shape index (κ3) is 4.28. The smallest absolute Gasteiger partial charge is 0.131 e. The lowest BCUT2D eigenvalue weighted by atomic mass is 9.68. The van der Waals surface area contributed by atoms with Crippen LogP contribution in [0.4, 0.5) is 4.39 Å². The quantitative estimate of drug-likeness (QED) is 0.510. The van der Waals surface area contributed by atoms with Gasteiger partial charge in [0.25, 0.3) is 0 Å². The van der Waals surface area contributed by atoms with Crippen molar-refractivity contribution in [3.63, 3.8) is 0 Å². The zero-order chi connectivity index (χ0) is 18.8. The summed E-state index contributed by atoms with van der Waals surface area (Å²) < 4.78 is 14.8. The minimum atomic E-state index is -0.0697. The fourth-order valence-electron chi connectivity index (χ4n) is 5.43. The zero-order valence-electron chi connectivity index (χ0n) is 16.9. The van der Waals surface area contributed by atoms with E-state index < -0.39 is 0 Å². The predicted molar refractivity (Wildman–Crippen MR) is 117 cm³/mol. The van der Waals surface area contributed by atoms with E-state index in [1.807, 2.05) is 24.3 Å². The van der Waals surface area contributed by atoms with Crippen LogP contribution >= 0.6 is 0 Å². The molecule has 0 saturated heterocycles. The zero-order valence-corrected chi connectivity index (χ0v) is 16.9. The van der Waals surface area contributed by atoms with Crippen molar-refractivity contribution in [3.8, 4) is 11.1 Å². The van der Waals surface area contributed by atoms with Crippen molar-refractivity contribution in [2.75, 3.05) is 0 Å². The Labute approximate surface area is 167 Å². The van der Waals surface area contributed by atoms with Crippen LogP contribution in [0.2, 0.25) is 0 Å². The Bertz CT molecular complexity index is 755. The van der Waals surface area contributed by atoms with Crippen LogP contribution < -0.4 is 0 Å². The lowest BCUT2D eigenvalue weighted by Gasteiger charge is -2.37. The molecule has 0 aliphatic heterocycles. The maximum atomic E-state index is 14.8. The highest BCUT2D eigenvalue weighted by Crippen LogP contribution is 2.44. The van der Waals surface area contributed by atoms with Gasteiger partial charge in [-0.1, -0.05) is 61.7 Å². The topological polar surface area (TPSA) is 0 Å². The summed E-state index contributed by atoms with van der Waals surface area (Å²) >= 11 is 0. The van der Waals surface area contributed by atoms with Crippen molar-refractivity contribution in [1.82, 2.24) is 0 Å². The minimum absolute atomic E-state index is 0. The summed E-state index contributed by atoms with van der Waals surface area (Å²) in [5, 5.41) is 0. The normalized spacial score (nSPS) is 28.9. The van der Waals surface area contributed by atoms with Crippen molar-refractivity contribution >= 4 is 0 Å². The third-order valence-electron chi connectivity index (χ3n) is 7.33. The van der Waals surface area contributed by atoms with Crippen LogP contribution in [0, 0.1) is 30.5 Å². The highest BCUT2D eigenvalue weighted by Gasteiger charge is 2.30. The second-order valence-electron chi connectivity index (χ2n) is 9.24. The van der Waals surface area contributed by atoms with Crippen LogP contribution in [0.25, 0.3) is 11.1 Å². The molecule has 0 nitrogen and oxygen atoms in total. The molecular formula is C26H37F. The fourth-order valence-corrected chi connectivity index (χ4v) is 5.43. The first-order chi connectivity index (χ1) is 13.1. The summed E-state index contributed by atoms with van der Waals surface area (Å²) in [6, 6.07) is 14.1. The molecule has 0 spiro atoms. The second kappa shape index (κ2) is 8.17. The number of aryl methyl sites for hydroxylation is 1. The van der Waals surface area contributed by atoms with Crippen LogP contribution in [-0.2, 0) is 0 Å². The highest BCUT2D eigenvalue weighted by atomic mass is 19.1. The molecule has 0 N–H and O–H groups in total. The van der Waals surface area contributed by atoms with Gasteiger partial charge in [-0.3, -0.25) is 0 Å². The molecular weight excluding hydrogens is 331 g/mol. The summed E-state index contributed by atoms with van der Waals surface area (Å²) in [6.45, 7) is 4.47. The SMILES string of the molecule is Cc1ccc(-c2ccc(C3CCC(C4CCC(C)CC4)CC3)cc2F)cc1.[HH].[HH]. The summed E-state index contributed by atoms with van der Waals surface area (Å²) in [7, 11) is 0. The maximum Gasteiger partial charge on any atom is 0.131 e. The van der Waals surface area contributed by atoms with Gasteiger partial charge in [0, 0.05) is 8.42 Å². The first-order valence-corrected chi connectivity index (χ1v) is 11.0. The van der Waals surface area contributed by atoms with E-state index in [9.17, 15) is 4.39 Å². The molecule has 1 heteroatoms. The average molecular weight is 369 g/mol. The van der Waals surface area contributed by atoms with Gasteiger partial charge < -0.3 is 0 Å². The molecule has 148 valence electrons. The molecule has 0 radical (unpaired) electrons. The fraction of sp³-hybridized carbons (Fsp3) is 0.538. The number of hydrogen-bond donors (Lipinski definition) is 0. The van der Waals surface area contributed by atoms with Gasteiger partial charge in [0.1, 0.15) is 5.82 Å². The van der Waals surface area contributed by atoms with Gasteiger partial charge >= 0.3 is 0 Å². The van der Waals surface area contributed by atoms with Crippen LogP contribution in [0.1, 0.15) is 78.2 Å². The summed E-state index contributed by atoms with van der Waals surface area (Å²) in [4.78, 5) is 0. The monoisotopic (exact) mass is 368 g/mol. The molecule has 2 aliphatic carbocycles. The van der Waals surface area contributed by atoms with E-state index in [0.717, 1.165) is 28.9 Å². The van der Waals surface area contributed by atoms with Gasteiger partial charge in [-0.15, -0.1) is 0 Å². The number of rotatable bonds is 3. The van der Waals surface area contributed by atoms with Crippen LogP contribution in [0.3, 0.4) is 0 Å². The Morgan fingerprint density at radius 1 is 0.778 bits per heavy atom. The van der Waals surface area contributed by atoms with Crippen molar-refractivity contribution < 1.29 is 7.24 Å². The van der Waals surface area contributed by atoms with Crippen LogP contribution in [0.15, 0.2) is 42.5 Å². The standard InChI is InChI=1S/C26H33F.2H2/c1-18-3-7-20(8-4-18)21-11-13-22(14-12-21)24-15-16-25(26(27)17-24)23-9-5-19(2)6-10-23;;/h5-6,9-10,15-18,20-22H,3-4,7-8,11-14H2,1-2H3;2*1H. The molecule has 2 aromatic rings. The van der Waals surface area contributed by atoms with Crippen LogP contribution in [-0.4, -0.2) is 0 Å². The van der Waals surface area contributed by atoms with E-state index in [0.29, 0.717) is 5.92 Å². The maximum absolute atomic E-state index is 14.8. The molecule has 0 bridgehead atoms. The van der Waals surface area contributed by atoms with E-state index in [4.69, 9.17) is 0 Å². The Hall–Kier alpha value is -1.63. The Morgan fingerprint density at radius 2 is 1.37 bits per heavy atom. The van der Waals surface area contributed by atoms with Gasteiger partial charge in [0.2, 0.25) is 0 Å². The first kappa shape index (κ1) is 18.7. The number of benzene rings is 2. The molecule has 0 unspecified atom stereocenters. The molecule has 0 heterocycles. The van der Waals surface area contributed by atoms with Gasteiger partial charge in [-0.05, 0) is 86.3 Å². The minimum Gasteiger partial charge on any atom is -0.206 e. The average Bonchev–Trinajstić information content (AvgIpc) is 2.69. The molecule has 0 amide bonds. The molecule has 2 fully saturated rings. The number of halogens is 1. The van der Waals surface area contributed by atoms with E-state index in [1.165, 1.54) is 62.5 Å². The second-order valence-corrected chi connectivity index (χ2v) is 9.24. The Kier molecular flexibility index (Phi) is 5.66. The molecule has 0 aromatic heterocycles. The molecule has 4 rings (SSSR count). The first-order valence-electron chi connectivity index (χ1n) is 11.0. The third-order valence-corrected chi connectivity index (χ3v) is 7.33. The van der Waals surface area contributed by atoms with Crippen molar-refractivity contribution in [1.29, 1.82) is 0 Å². The molecule has 27 heavy (non-hydrogen) atoms. The van der Waals surface area contributed by atoms with Crippen molar-refractivity contribution in [2.24, 2.45) is 17.8 Å². The highest BCUT2D eigenvalue weighted by molar-refractivity contribution is 5.64. The van der Waals surface area contributed by atoms with Crippen molar-refractivity contribution in [2.45, 2.75) is 71.1 Å². The van der Waals surface area contributed by atoms with E-state index in [1.54, 1.807) is 0 Å². The number of hydrogen-bond acceptors (Lipinski definition) is 0. The summed E-state index contributed by atoms with van der Waals surface area (Å²) in [5.41, 5.74) is 4.11. The van der Waals surface area contributed by atoms with Gasteiger partial charge in [-0.25, -0.2) is 4.39 Å². The van der Waals surface area contributed by atoms with E-state index in [2.05, 4.69) is 32.0 Å². The summed E-state index contributed by atoms with van der Waals surface area (Å²) in [6.07, 6.45) is 10.9. The van der Waals surface area contributed by atoms with Gasteiger partial charge in [0.15, 0.2) is 0 Å². The van der Waals surface area contributed by atoms with Gasteiger partial charge in [0.05, 0.1) is 0 Å². The molecule has 2 saturated carbocycles. The summed E-state index contributed by atoms with van der Waals surface area (Å²) in [5.74, 6) is 3.30. The van der Waals surface area contributed by atoms with E-state index in [-0.39, 0.29) is 8.67 Å². The van der Waals surface area contributed by atoms with Crippen molar-refractivity contribution in [3.05, 3.63) is 59.4 Å². The van der Waals surface area contributed by atoms with Crippen LogP contribution in [0.5, 0.6) is 0 Å². The lowest BCUT2D eigenvalue weighted by molar-refractivity contribution is 0.165. The van der Waals surface area contributed by atoms with E-state index >= 15 is 0 Å². The van der Waals surface area contributed by atoms with Gasteiger partial charge in [-0.2, -0.15) is 0 Å². The predicted octanol–water partition coefficient (Wildman–Crippen LogP) is 8.39. The molecule has 2 aliphatic rings. The molecule has 2 aromatic carbocycles. The largest absolute Gasteiger partial charge is 0.206 e. The lowest BCUT2D eigenvalue weighted by Crippen LogP contribution is -2.24. The Morgan fingerprint density at radius 3 is 1.96 bits per heavy atom.